The summed E-state index contributed by atoms with van der Waals surface area (Å²) < 4.78 is 5.59. The monoisotopic (exact) mass is 243 g/mol. The molecule has 0 atom stereocenters. The van der Waals surface area contributed by atoms with Gasteiger partial charge in [-0.05, 0) is 45.0 Å². The second-order valence-electron chi connectivity index (χ2n) is 4.42. The minimum Gasteiger partial charge on any atom is -0.491 e. The van der Waals surface area contributed by atoms with Gasteiger partial charge in [0.2, 0.25) is 0 Å². The van der Waals surface area contributed by atoms with Gasteiger partial charge in [0, 0.05) is 5.56 Å². The number of ether oxygens (including phenoxy) is 1. The minimum absolute atomic E-state index is 0.175. The highest BCUT2D eigenvalue weighted by Gasteiger charge is 2.04. The van der Waals surface area contributed by atoms with Crippen LogP contribution < -0.4 is 10.5 Å². The van der Waals surface area contributed by atoms with Gasteiger partial charge < -0.3 is 10.5 Å². The summed E-state index contributed by atoms with van der Waals surface area (Å²) in [6, 6.07) is 7.81. The van der Waals surface area contributed by atoms with E-state index >= 15 is 0 Å². The predicted molar refractivity (Wildman–Crippen MR) is 72.4 cm³/mol. The summed E-state index contributed by atoms with van der Waals surface area (Å²) in [4.78, 5) is 8.52. The molecule has 0 unspecified atom stereocenters. The van der Waals surface area contributed by atoms with Crippen molar-refractivity contribution in [3.8, 4) is 17.0 Å². The van der Waals surface area contributed by atoms with Crippen molar-refractivity contribution in [3.05, 3.63) is 36.2 Å². The molecule has 0 spiro atoms. The largest absolute Gasteiger partial charge is 0.491 e. The van der Waals surface area contributed by atoms with Crippen LogP contribution in [0.2, 0.25) is 0 Å². The summed E-state index contributed by atoms with van der Waals surface area (Å²) in [5.74, 6) is 1.33. The number of benzene rings is 1. The summed E-state index contributed by atoms with van der Waals surface area (Å²) in [6.07, 6.45) is 1.86. The second-order valence-corrected chi connectivity index (χ2v) is 4.42. The van der Waals surface area contributed by atoms with Crippen LogP contribution in [0.1, 0.15) is 19.5 Å². The Bertz CT molecular complexity index is 535. The molecule has 0 saturated heterocycles. The first-order valence-corrected chi connectivity index (χ1v) is 5.92. The Balaban J connectivity index is 2.25. The highest BCUT2D eigenvalue weighted by atomic mass is 16.5. The first-order chi connectivity index (χ1) is 8.56. The third-order valence-corrected chi connectivity index (χ3v) is 2.51. The van der Waals surface area contributed by atoms with Crippen LogP contribution in [-0.4, -0.2) is 16.1 Å². The van der Waals surface area contributed by atoms with Crippen LogP contribution in [0.15, 0.2) is 30.5 Å². The molecule has 0 aliphatic heterocycles. The standard InChI is InChI=1S/C14H17N3O/c1-9(2)18-12-6-4-11(5-7-12)13-8-16-14(15)10(3)17-13/h4-9H,1-3H3,(H2,15,16). The zero-order valence-electron chi connectivity index (χ0n) is 10.8. The number of anilines is 1. The topological polar surface area (TPSA) is 61.0 Å². The maximum absolute atomic E-state index is 5.65. The molecule has 2 aromatic rings. The molecule has 4 nitrogen and oxygen atoms in total. The summed E-state index contributed by atoms with van der Waals surface area (Å²) in [5, 5.41) is 0. The molecule has 1 heterocycles. The van der Waals surface area contributed by atoms with Gasteiger partial charge in [-0.1, -0.05) is 0 Å². The third kappa shape index (κ3) is 2.77. The molecule has 0 bridgehead atoms. The number of aryl methyl sites for hydroxylation is 1. The fourth-order valence-corrected chi connectivity index (χ4v) is 1.61. The van der Waals surface area contributed by atoms with Crippen LogP contribution in [-0.2, 0) is 0 Å². The molecule has 0 aliphatic rings. The number of hydrogen-bond acceptors (Lipinski definition) is 4. The summed E-state index contributed by atoms with van der Waals surface area (Å²) in [6.45, 7) is 5.85. The fourth-order valence-electron chi connectivity index (χ4n) is 1.61. The van der Waals surface area contributed by atoms with Crippen molar-refractivity contribution in [1.82, 2.24) is 9.97 Å². The molecule has 0 saturated carbocycles. The Morgan fingerprint density at radius 2 is 1.83 bits per heavy atom. The molecule has 1 aromatic carbocycles. The lowest BCUT2D eigenvalue weighted by Gasteiger charge is -2.10. The zero-order valence-corrected chi connectivity index (χ0v) is 10.8. The van der Waals surface area contributed by atoms with E-state index in [0.29, 0.717) is 5.82 Å². The second kappa shape index (κ2) is 5.04. The summed E-state index contributed by atoms with van der Waals surface area (Å²) in [5.41, 5.74) is 8.22. The molecule has 4 heteroatoms. The average molecular weight is 243 g/mol. The van der Waals surface area contributed by atoms with E-state index in [1.165, 1.54) is 0 Å². The number of hydrogen-bond donors (Lipinski definition) is 1. The number of aromatic nitrogens is 2. The molecular formula is C14H17N3O. The van der Waals surface area contributed by atoms with E-state index in [1.54, 1.807) is 6.20 Å². The number of nitrogens with two attached hydrogens (primary N) is 1. The molecule has 2 rings (SSSR count). The Kier molecular flexibility index (Phi) is 3.46. The van der Waals surface area contributed by atoms with Crippen molar-refractivity contribution in [1.29, 1.82) is 0 Å². The highest BCUT2D eigenvalue weighted by molar-refractivity contribution is 5.60. The van der Waals surface area contributed by atoms with Gasteiger partial charge in [-0.15, -0.1) is 0 Å². The molecule has 18 heavy (non-hydrogen) atoms. The normalized spacial score (nSPS) is 10.7. The first kappa shape index (κ1) is 12.4. The number of rotatable bonds is 3. The zero-order chi connectivity index (χ0) is 13.1. The van der Waals surface area contributed by atoms with E-state index in [0.717, 1.165) is 22.7 Å². The van der Waals surface area contributed by atoms with E-state index in [9.17, 15) is 0 Å². The van der Waals surface area contributed by atoms with Crippen molar-refractivity contribution in [2.24, 2.45) is 0 Å². The van der Waals surface area contributed by atoms with Crippen LogP contribution >= 0.6 is 0 Å². The van der Waals surface area contributed by atoms with Gasteiger partial charge in [0.25, 0.3) is 0 Å². The molecule has 0 amide bonds. The third-order valence-electron chi connectivity index (χ3n) is 2.51. The molecule has 0 fully saturated rings. The van der Waals surface area contributed by atoms with E-state index in [1.807, 2.05) is 45.0 Å². The maximum Gasteiger partial charge on any atom is 0.144 e. The van der Waals surface area contributed by atoms with Crippen molar-refractivity contribution in [3.63, 3.8) is 0 Å². The van der Waals surface area contributed by atoms with Crippen LogP contribution in [0.25, 0.3) is 11.3 Å². The lowest BCUT2D eigenvalue weighted by molar-refractivity contribution is 0.242. The quantitative estimate of drug-likeness (QED) is 0.900. The number of nitrogens with zero attached hydrogens (tertiary/aromatic N) is 2. The Labute approximate surface area is 107 Å². The molecule has 2 N–H and O–H groups in total. The van der Waals surface area contributed by atoms with Crippen LogP contribution in [0, 0.1) is 6.92 Å². The van der Waals surface area contributed by atoms with Gasteiger partial charge >= 0.3 is 0 Å². The van der Waals surface area contributed by atoms with E-state index in [4.69, 9.17) is 10.5 Å². The minimum atomic E-state index is 0.175. The van der Waals surface area contributed by atoms with Crippen molar-refractivity contribution < 1.29 is 4.74 Å². The lowest BCUT2D eigenvalue weighted by Crippen LogP contribution is -2.05. The van der Waals surface area contributed by atoms with Gasteiger partial charge in [-0.2, -0.15) is 0 Å². The lowest BCUT2D eigenvalue weighted by atomic mass is 10.1. The fraction of sp³-hybridized carbons (Fsp3) is 0.286. The molecule has 94 valence electrons. The predicted octanol–water partition coefficient (Wildman–Crippen LogP) is 2.82. The van der Waals surface area contributed by atoms with Gasteiger partial charge in [-0.3, -0.25) is 0 Å². The Morgan fingerprint density at radius 3 is 2.39 bits per heavy atom. The Hall–Kier alpha value is -2.10. The van der Waals surface area contributed by atoms with E-state index in [-0.39, 0.29) is 6.10 Å². The molecule has 0 radical (unpaired) electrons. The average Bonchev–Trinajstić information content (AvgIpc) is 2.33. The van der Waals surface area contributed by atoms with Gasteiger partial charge in [0.15, 0.2) is 0 Å². The summed E-state index contributed by atoms with van der Waals surface area (Å²) >= 11 is 0. The maximum atomic E-state index is 5.65. The van der Waals surface area contributed by atoms with Crippen molar-refractivity contribution >= 4 is 5.82 Å². The smallest absolute Gasteiger partial charge is 0.144 e. The van der Waals surface area contributed by atoms with Gasteiger partial charge in [-0.25, -0.2) is 9.97 Å². The molecule has 1 aromatic heterocycles. The van der Waals surface area contributed by atoms with Crippen LogP contribution in [0.4, 0.5) is 5.82 Å². The number of nitrogen functional groups attached to an aromatic ring is 1. The van der Waals surface area contributed by atoms with Gasteiger partial charge in [0.1, 0.15) is 11.6 Å². The van der Waals surface area contributed by atoms with E-state index < -0.39 is 0 Å². The van der Waals surface area contributed by atoms with Crippen molar-refractivity contribution in [2.75, 3.05) is 5.73 Å². The summed E-state index contributed by atoms with van der Waals surface area (Å²) in [7, 11) is 0. The highest BCUT2D eigenvalue weighted by Crippen LogP contribution is 2.21. The SMILES string of the molecule is Cc1nc(-c2ccc(OC(C)C)cc2)cnc1N. The van der Waals surface area contributed by atoms with Crippen molar-refractivity contribution in [2.45, 2.75) is 26.9 Å². The first-order valence-electron chi connectivity index (χ1n) is 5.92. The van der Waals surface area contributed by atoms with Gasteiger partial charge in [0.05, 0.1) is 23.7 Å². The molecular weight excluding hydrogens is 226 g/mol. The van der Waals surface area contributed by atoms with Crippen LogP contribution in [0.3, 0.4) is 0 Å². The molecule has 0 aliphatic carbocycles. The Morgan fingerprint density at radius 1 is 1.17 bits per heavy atom. The van der Waals surface area contributed by atoms with Crippen LogP contribution in [0.5, 0.6) is 5.75 Å². The van der Waals surface area contributed by atoms with E-state index in [2.05, 4.69) is 9.97 Å².